The van der Waals surface area contributed by atoms with Gasteiger partial charge >= 0.3 is 0 Å². The van der Waals surface area contributed by atoms with Crippen LogP contribution in [0, 0.1) is 6.92 Å². The van der Waals surface area contributed by atoms with Crippen LogP contribution in [-0.4, -0.2) is 31.0 Å². The second kappa shape index (κ2) is 10.9. The molecule has 2 aromatic carbocycles. The first-order valence-electron chi connectivity index (χ1n) is 9.10. The first-order valence-corrected chi connectivity index (χ1v) is 9.86. The third kappa shape index (κ3) is 6.73. The van der Waals surface area contributed by atoms with Crippen LogP contribution in [0.4, 0.5) is 0 Å². The van der Waals surface area contributed by atoms with Crippen LogP contribution in [0.15, 0.2) is 42.5 Å². The van der Waals surface area contributed by atoms with E-state index in [2.05, 4.69) is 10.6 Å². The summed E-state index contributed by atoms with van der Waals surface area (Å²) in [4.78, 5) is 24.4. The molecule has 150 valence electrons. The Morgan fingerprint density at radius 3 is 2.50 bits per heavy atom. The molecular weight excluding hydrogens is 399 g/mol. The highest BCUT2D eigenvalue weighted by molar-refractivity contribution is 6.43. The highest BCUT2D eigenvalue weighted by Gasteiger charge is 2.18. The van der Waals surface area contributed by atoms with E-state index in [9.17, 15) is 9.59 Å². The van der Waals surface area contributed by atoms with E-state index in [4.69, 9.17) is 27.9 Å². The van der Waals surface area contributed by atoms with Crippen molar-refractivity contribution in [3.8, 4) is 5.75 Å². The summed E-state index contributed by atoms with van der Waals surface area (Å²) in [5, 5.41) is 5.89. The number of carbonyl (C=O) groups is 2. The molecule has 0 saturated carbocycles. The largest absolute Gasteiger partial charge is 0.494 e. The van der Waals surface area contributed by atoms with E-state index in [0.29, 0.717) is 18.2 Å². The summed E-state index contributed by atoms with van der Waals surface area (Å²) in [7, 11) is 0. The van der Waals surface area contributed by atoms with E-state index < -0.39 is 11.9 Å². The van der Waals surface area contributed by atoms with Crippen molar-refractivity contribution in [2.45, 2.75) is 32.7 Å². The Morgan fingerprint density at radius 2 is 1.79 bits per heavy atom. The van der Waals surface area contributed by atoms with Crippen molar-refractivity contribution in [2.24, 2.45) is 0 Å². The van der Waals surface area contributed by atoms with Crippen LogP contribution >= 0.6 is 23.2 Å². The molecule has 2 N–H and O–H groups in total. The summed E-state index contributed by atoms with van der Waals surface area (Å²) in [6.07, 6.45) is 1.59. The zero-order valence-corrected chi connectivity index (χ0v) is 17.4. The van der Waals surface area contributed by atoms with E-state index in [1.807, 2.05) is 31.2 Å². The summed E-state index contributed by atoms with van der Waals surface area (Å²) in [6.45, 7) is 4.73. The summed E-state index contributed by atoms with van der Waals surface area (Å²) >= 11 is 11.9. The Labute approximate surface area is 175 Å². The number of carbonyl (C=O) groups excluding carboxylic acids is 2. The van der Waals surface area contributed by atoms with Gasteiger partial charge in [-0.25, -0.2) is 0 Å². The molecule has 0 aliphatic heterocycles. The molecule has 1 unspecified atom stereocenters. The number of hydrogen-bond acceptors (Lipinski definition) is 3. The molecule has 0 radical (unpaired) electrons. The SMILES string of the molecule is Cc1ccc(OCCCCNC(=O)C(C)NC(=O)c2cccc(Cl)c2Cl)cc1. The second-order valence-electron chi connectivity index (χ2n) is 6.46. The first-order chi connectivity index (χ1) is 13.4. The van der Waals surface area contributed by atoms with Crippen LogP contribution in [0.5, 0.6) is 5.75 Å². The average molecular weight is 423 g/mol. The molecule has 0 aliphatic carbocycles. The fourth-order valence-corrected chi connectivity index (χ4v) is 2.82. The molecule has 0 heterocycles. The van der Waals surface area contributed by atoms with E-state index in [1.54, 1.807) is 25.1 Å². The lowest BCUT2D eigenvalue weighted by molar-refractivity contribution is -0.122. The van der Waals surface area contributed by atoms with Crippen molar-refractivity contribution in [1.82, 2.24) is 10.6 Å². The van der Waals surface area contributed by atoms with Crippen molar-refractivity contribution in [3.63, 3.8) is 0 Å². The van der Waals surface area contributed by atoms with Crippen molar-refractivity contribution in [2.75, 3.05) is 13.2 Å². The van der Waals surface area contributed by atoms with Crippen LogP contribution in [0.3, 0.4) is 0 Å². The third-order valence-electron chi connectivity index (χ3n) is 4.10. The highest BCUT2D eigenvalue weighted by Crippen LogP contribution is 2.25. The quantitative estimate of drug-likeness (QED) is 0.588. The number of amides is 2. The summed E-state index contributed by atoms with van der Waals surface area (Å²) in [5.41, 5.74) is 1.43. The fraction of sp³-hybridized carbons (Fsp3) is 0.333. The van der Waals surface area contributed by atoms with Crippen LogP contribution < -0.4 is 15.4 Å². The number of aryl methyl sites for hydroxylation is 1. The second-order valence-corrected chi connectivity index (χ2v) is 7.24. The molecule has 5 nitrogen and oxygen atoms in total. The molecule has 1 atom stereocenters. The number of ether oxygens (including phenoxy) is 1. The Balaban J connectivity index is 1.66. The molecule has 0 saturated heterocycles. The maximum Gasteiger partial charge on any atom is 0.253 e. The minimum absolute atomic E-state index is 0.169. The molecular formula is C21H24Cl2N2O3. The lowest BCUT2D eigenvalue weighted by Gasteiger charge is -2.15. The molecule has 7 heteroatoms. The topological polar surface area (TPSA) is 67.4 Å². The van der Waals surface area contributed by atoms with Crippen molar-refractivity contribution < 1.29 is 14.3 Å². The molecule has 2 aromatic rings. The number of rotatable bonds is 9. The van der Waals surface area contributed by atoms with Gasteiger partial charge in [-0.2, -0.15) is 0 Å². The molecule has 0 aliphatic rings. The van der Waals surface area contributed by atoms with E-state index in [-0.39, 0.29) is 16.5 Å². The predicted molar refractivity (Wildman–Crippen MR) is 112 cm³/mol. The monoisotopic (exact) mass is 422 g/mol. The van der Waals surface area contributed by atoms with Gasteiger partial charge in [0.15, 0.2) is 0 Å². The van der Waals surface area contributed by atoms with Gasteiger partial charge in [0.05, 0.1) is 22.2 Å². The Hall–Kier alpha value is -2.24. The van der Waals surface area contributed by atoms with Gasteiger partial charge in [0, 0.05) is 6.54 Å². The Bertz CT molecular complexity index is 810. The number of halogens is 2. The number of nitrogens with one attached hydrogen (secondary N) is 2. The summed E-state index contributed by atoms with van der Waals surface area (Å²) in [5.74, 6) is 0.137. The van der Waals surface area contributed by atoms with E-state index >= 15 is 0 Å². The lowest BCUT2D eigenvalue weighted by atomic mass is 10.2. The third-order valence-corrected chi connectivity index (χ3v) is 4.92. The van der Waals surface area contributed by atoms with Gasteiger partial charge in [-0.05, 0) is 51.0 Å². The number of benzene rings is 2. The van der Waals surface area contributed by atoms with Crippen molar-refractivity contribution in [3.05, 3.63) is 63.6 Å². The van der Waals surface area contributed by atoms with Crippen LogP contribution in [0.1, 0.15) is 35.7 Å². The molecule has 0 spiro atoms. The maximum absolute atomic E-state index is 12.3. The summed E-state index contributed by atoms with van der Waals surface area (Å²) in [6, 6.07) is 12.0. The number of hydrogen-bond donors (Lipinski definition) is 2. The molecule has 0 fully saturated rings. The summed E-state index contributed by atoms with van der Waals surface area (Å²) < 4.78 is 5.64. The normalized spacial score (nSPS) is 11.6. The average Bonchev–Trinajstić information content (AvgIpc) is 2.67. The molecule has 2 rings (SSSR count). The van der Waals surface area contributed by atoms with Gasteiger partial charge in [-0.1, -0.05) is 47.0 Å². The molecule has 2 amide bonds. The highest BCUT2D eigenvalue weighted by atomic mass is 35.5. The first kappa shape index (κ1) is 22.1. The van der Waals surface area contributed by atoms with E-state index in [0.717, 1.165) is 18.6 Å². The number of unbranched alkanes of at least 4 members (excludes halogenated alkanes) is 1. The minimum atomic E-state index is -0.689. The minimum Gasteiger partial charge on any atom is -0.494 e. The zero-order chi connectivity index (χ0) is 20.5. The van der Waals surface area contributed by atoms with Gasteiger partial charge < -0.3 is 15.4 Å². The van der Waals surface area contributed by atoms with Gasteiger partial charge in [0.2, 0.25) is 5.91 Å². The van der Waals surface area contributed by atoms with Crippen LogP contribution in [-0.2, 0) is 4.79 Å². The predicted octanol–water partition coefficient (Wildman–Crippen LogP) is 4.40. The lowest BCUT2D eigenvalue weighted by Crippen LogP contribution is -2.45. The van der Waals surface area contributed by atoms with E-state index in [1.165, 1.54) is 5.56 Å². The Kier molecular flexibility index (Phi) is 8.61. The zero-order valence-electron chi connectivity index (χ0n) is 15.9. The molecule has 0 aromatic heterocycles. The van der Waals surface area contributed by atoms with Gasteiger partial charge in [0.25, 0.3) is 5.91 Å². The maximum atomic E-state index is 12.3. The van der Waals surface area contributed by atoms with Crippen molar-refractivity contribution in [1.29, 1.82) is 0 Å². The van der Waals surface area contributed by atoms with Crippen molar-refractivity contribution >= 4 is 35.0 Å². The van der Waals surface area contributed by atoms with Crippen LogP contribution in [0.2, 0.25) is 10.0 Å². The molecule has 0 bridgehead atoms. The van der Waals surface area contributed by atoms with Gasteiger partial charge in [-0.15, -0.1) is 0 Å². The van der Waals surface area contributed by atoms with Crippen LogP contribution in [0.25, 0.3) is 0 Å². The standard InChI is InChI=1S/C21H24Cl2N2O3/c1-14-8-10-16(11-9-14)28-13-4-3-12-24-20(26)15(2)25-21(27)17-6-5-7-18(22)19(17)23/h5-11,15H,3-4,12-13H2,1-2H3,(H,24,26)(H,25,27). The molecule has 28 heavy (non-hydrogen) atoms. The van der Waals surface area contributed by atoms with Gasteiger partial charge in [-0.3, -0.25) is 9.59 Å². The smallest absolute Gasteiger partial charge is 0.253 e. The Morgan fingerprint density at radius 1 is 1.07 bits per heavy atom. The fourth-order valence-electron chi connectivity index (χ4n) is 2.44. The van der Waals surface area contributed by atoms with Gasteiger partial charge in [0.1, 0.15) is 11.8 Å².